The summed E-state index contributed by atoms with van der Waals surface area (Å²) in [6, 6.07) is 9.37. The molecule has 2 nitrogen and oxygen atoms in total. The first-order valence-corrected chi connectivity index (χ1v) is 7.16. The Labute approximate surface area is 125 Å². The molecule has 0 unspecified atom stereocenters. The maximum absolute atomic E-state index is 6.00. The SMILES string of the molecule is NC(=S)N(Cc1cccs1)c1ccc(Cl)c(Cl)c1. The Morgan fingerprint density at radius 1 is 1.28 bits per heavy atom. The van der Waals surface area contributed by atoms with Crippen LogP contribution in [0.2, 0.25) is 10.0 Å². The average molecular weight is 317 g/mol. The Balaban J connectivity index is 2.29. The number of hydrogen-bond acceptors (Lipinski definition) is 2. The van der Waals surface area contributed by atoms with E-state index in [1.54, 1.807) is 23.5 Å². The summed E-state index contributed by atoms with van der Waals surface area (Å²) >= 11 is 18.6. The molecule has 2 rings (SSSR count). The molecular weight excluding hydrogens is 307 g/mol. The molecule has 0 saturated heterocycles. The minimum absolute atomic E-state index is 0.307. The van der Waals surface area contributed by atoms with Crippen LogP contribution in [-0.4, -0.2) is 5.11 Å². The van der Waals surface area contributed by atoms with E-state index in [4.69, 9.17) is 41.2 Å². The van der Waals surface area contributed by atoms with Crippen LogP contribution in [0.4, 0.5) is 5.69 Å². The zero-order chi connectivity index (χ0) is 13.1. The van der Waals surface area contributed by atoms with Gasteiger partial charge in [0, 0.05) is 10.6 Å². The van der Waals surface area contributed by atoms with Gasteiger partial charge >= 0.3 is 0 Å². The predicted molar refractivity (Wildman–Crippen MR) is 83.7 cm³/mol. The topological polar surface area (TPSA) is 29.3 Å². The fraction of sp³-hybridized carbons (Fsp3) is 0.0833. The fourth-order valence-electron chi connectivity index (χ4n) is 1.51. The average Bonchev–Trinajstić information content (AvgIpc) is 2.82. The van der Waals surface area contributed by atoms with Crippen molar-refractivity contribution in [2.45, 2.75) is 6.54 Å². The van der Waals surface area contributed by atoms with E-state index in [0.717, 1.165) is 5.69 Å². The Morgan fingerprint density at radius 3 is 2.61 bits per heavy atom. The van der Waals surface area contributed by atoms with Crippen LogP contribution < -0.4 is 10.6 Å². The van der Waals surface area contributed by atoms with Crippen LogP contribution in [0.5, 0.6) is 0 Å². The number of nitrogens with zero attached hydrogens (tertiary/aromatic N) is 1. The van der Waals surface area contributed by atoms with E-state index in [1.165, 1.54) is 4.88 Å². The molecule has 0 atom stereocenters. The van der Waals surface area contributed by atoms with Crippen LogP contribution >= 0.6 is 46.8 Å². The third kappa shape index (κ3) is 3.14. The molecule has 0 amide bonds. The third-order valence-electron chi connectivity index (χ3n) is 2.37. The first-order chi connectivity index (χ1) is 8.58. The van der Waals surface area contributed by atoms with Crippen LogP contribution in [0.3, 0.4) is 0 Å². The summed E-state index contributed by atoms with van der Waals surface area (Å²) in [4.78, 5) is 3.00. The third-order valence-corrected chi connectivity index (χ3v) is 4.20. The van der Waals surface area contributed by atoms with Crippen molar-refractivity contribution in [3.63, 3.8) is 0 Å². The number of hydrogen-bond donors (Lipinski definition) is 1. The zero-order valence-electron chi connectivity index (χ0n) is 9.27. The van der Waals surface area contributed by atoms with Crippen molar-refractivity contribution in [2.24, 2.45) is 5.73 Å². The number of halogens is 2. The molecule has 2 N–H and O–H groups in total. The molecule has 0 aliphatic rings. The maximum Gasteiger partial charge on any atom is 0.171 e. The Morgan fingerprint density at radius 2 is 2.06 bits per heavy atom. The number of anilines is 1. The fourth-order valence-corrected chi connectivity index (χ4v) is 2.66. The Hall–Kier alpha value is -0.810. The molecule has 0 saturated carbocycles. The van der Waals surface area contributed by atoms with E-state index in [2.05, 4.69) is 0 Å². The van der Waals surface area contributed by atoms with Gasteiger partial charge in [-0.1, -0.05) is 29.3 Å². The van der Waals surface area contributed by atoms with Gasteiger partial charge in [0.25, 0.3) is 0 Å². The van der Waals surface area contributed by atoms with E-state index >= 15 is 0 Å². The molecule has 18 heavy (non-hydrogen) atoms. The van der Waals surface area contributed by atoms with Gasteiger partial charge in [0.1, 0.15) is 0 Å². The van der Waals surface area contributed by atoms with Crippen molar-refractivity contribution >= 4 is 57.6 Å². The second-order valence-electron chi connectivity index (χ2n) is 3.60. The van der Waals surface area contributed by atoms with Crippen molar-refractivity contribution in [1.82, 2.24) is 0 Å². The predicted octanol–water partition coefficient (Wildman–Crippen LogP) is 4.31. The van der Waals surface area contributed by atoms with E-state index in [0.29, 0.717) is 21.7 Å². The Kier molecular flexibility index (Phi) is 4.45. The van der Waals surface area contributed by atoms with Crippen LogP contribution in [-0.2, 0) is 6.54 Å². The second-order valence-corrected chi connectivity index (χ2v) is 5.87. The van der Waals surface area contributed by atoms with E-state index < -0.39 is 0 Å². The molecular formula is C12H10Cl2N2S2. The van der Waals surface area contributed by atoms with Gasteiger partial charge in [0.2, 0.25) is 0 Å². The van der Waals surface area contributed by atoms with Crippen LogP contribution in [0.15, 0.2) is 35.7 Å². The van der Waals surface area contributed by atoms with Crippen LogP contribution in [0, 0.1) is 0 Å². The van der Waals surface area contributed by atoms with E-state index in [-0.39, 0.29) is 0 Å². The van der Waals surface area contributed by atoms with Gasteiger partial charge in [-0.3, -0.25) is 0 Å². The van der Waals surface area contributed by atoms with E-state index in [1.807, 2.05) is 28.5 Å². The molecule has 0 bridgehead atoms. The lowest BCUT2D eigenvalue weighted by atomic mass is 10.3. The van der Waals surface area contributed by atoms with Gasteiger partial charge < -0.3 is 10.6 Å². The standard InChI is InChI=1S/C12H10Cl2N2S2/c13-10-4-3-8(6-11(10)14)16(12(15)17)7-9-2-1-5-18-9/h1-6H,7H2,(H2,15,17). The van der Waals surface area contributed by atoms with Crippen LogP contribution in [0.1, 0.15) is 4.88 Å². The lowest BCUT2D eigenvalue weighted by Crippen LogP contribution is -2.34. The van der Waals surface area contributed by atoms with Gasteiger partial charge in [-0.15, -0.1) is 11.3 Å². The molecule has 0 spiro atoms. The summed E-state index contributed by atoms with van der Waals surface area (Å²) in [6.45, 7) is 0.630. The number of benzene rings is 1. The number of rotatable bonds is 3. The number of thiophene rings is 1. The quantitative estimate of drug-likeness (QED) is 0.856. The molecule has 6 heteroatoms. The molecule has 0 aliphatic carbocycles. The summed E-state index contributed by atoms with van der Waals surface area (Å²) in [6.07, 6.45) is 0. The molecule has 94 valence electrons. The minimum Gasteiger partial charge on any atom is -0.376 e. The van der Waals surface area contributed by atoms with Gasteiger partial charge in [0.15, 0.2) is 5.11 Å². The van der Waals surface area contributed by atoms with Crippen molar-refractivity contribution in [3.05, 3.63) is 50.6 Å². The normalized spacial score (nSPS) is 10.3. The summed E-state index contributed by atoms with van der Waals surface area (Å²) < 4.78 is 0. The van der Waals surface area contributed by atoms with Gasteiger partial charge in [-0.05, 0) is 41.9 Å². The molecule has 2 aromatic rings. The summed E-state index contributed by atoms with van der Waals surface area (Å²) in [7, 11) is 0. The molecule has 0 aliphatic heterocycles. The van der Waals surface area contributed by atoms with Crippen molar-refractivity contribution in [1.29, 1.82) is 0 Å². The van der Waals surface area contributed by atoms with E-state index in [9.17, 15) is 0 Å². The monoisotopic (exact) mass is 316 g/mol. The molecule has 0 fully saturated rings. The maximum atomic E-state index is 6.00. The zero-order valence-corrected chi connectivity index (χ0v) is 12.4. The van der Waals surface area contributed by atoms with Crippen molar-refractivity contribution in [2.75, 3.05) is 4.90 Å². The first kappa shape index (κ1) is 13.6. The largest absolute Gasteiger partial charge is 0.376 e. The van der Waals surface area contributed by atoms with Crippen LogP contribution in [0.25, 0.3) is 0 Å². The first-order valence-electron chi connectivity index (χ1n) is 5.12. The van der Waals surface area contributed by atoms with Gasteiger partial charge in [-0.25, -0.2) is 0 Å². The number of nitrogens with two attached hydrogens (primary N) is 1. The lowest BCUT2D eigenvalue weighted by molar-refractivity contribution is 1.03. The van der Waals surface area contributed by atoms with Gasteiger partial charge in [-0.2, -0.15) is 0 Å². The second kappa shape index (κ2) is 5.89. The summed E-state index contributed by atoms with van der Waals surface area (Å²) in [5.41, 5.74) is 6.60. The van der Waals surface area contributed by atoms with Crippen molar-refractivity contribution in [3.8, 4) is 0 Å². The minimum atomic E-state index is 0.307. The molecule has 0 radical (unpaired) electrons. The Bertz CT molecular complexity index is 555. The summed E-state index contributed by atoms with van der Waals surface area (Å²) in [5.74, 6) is 0. The molecule has 1 aromatic carbocycles. The highest BCUT2D eigenvalue weighted by molar-refractivity contribution is 7.80. The lowest BCUT2D eigenvalue weighted by Gasteiger charge is -2.22. The smallest absolute Gasteiger partial charge is 0.171 e. The highest BCUT2D eigenvalue weighted by Gasteiger charge is 2.12. The molecule has 1 heterocycles. The molecule has 1 aromatic heterocycles. The highest BCUT2D eigenvalue weighted by atomic mass is 35.5. The van der Waals surface area contributed by atoms with Gasteiger partial charge in [0.05, 0.1) is 16.6 Å². The van der Waals surface area contributed by atoms with Crippen molar-refractivity contribution < 1.29 is 0 Å². The number of thiocarbonyl (C=S) groups is 1. The summed E-state index contributed by atoms with van der Waals surface area (Å²) in [5, 5.41) is 3.32. The highest BCUT2D eigenvalue weighted by Crippen LogP contribution is 2.28.